The second kappa shape index (κ2) is 5.38. The van der Waals surface area contributed by atoms with Crippen molar-refractivity contribution in [2.75, 3.05) is 6.54 Å². The van der Waals surface area contributed by atoms with Crippen molar-refractivity contribution in [3.05, 3.63) is 35.4 Å². The SMILES string of the molecule is N#Cc1cccc([C@@H](N)CCCN)c1. The second-order valence-corrected chi connectivity index (χ2v) is 3.27. The quantitative estimate of drug-likeness (QED) is 0.749. The molecule has 1 aromatic carbocycles. The summed E-state index contributed by atoms with van der Waals surface area (Å²) in [7, 11) is 0. The van der Waals surface area contributed by atoms with Gasteiger partial charge in [-0.05, 0) is 37.1 Å². The first-order valence-corrected chi connectivity index (χ1v) is 4.73. The summed E-state index contributed by atoms with van der Waals surface area (Å²) in [5.41, 5.74) is 13.0. The third-order valence-electron chi connectivity index (χ3n) is 2.16. The van der Waals surface area contributed by atoms with Crippen molar-refractivity contribution < 1.29 is 0 Å². The number of hydrogen-bond donors (Lipinski definition) is 2. The molecule has 0 saturated heterocycles. The standard InChI is InChI=1S/C11H15N3/c12-6-2-5-11(14)10-4-1-3-9(7-10)8-13/h1,3-4,7,11H,2,5-6,12,14H2/t11-/m0/s1. The lowest BCUT2D eigenvalue weighted by Crippen LogP contribution is -2.12. The monoisotopic (exact) mass is 189 g/mol. The Morgan fingerprint density at radius 3 is 2.86 bits per heavy atom. The zero-order valence-corrected chi connectivity index (χ0v) is 8.11. The molecule has 0 amide bonds. The summed E-state index contributed by atoms with van der Waals surface area (Å²) in [5.74, 6) is 0. The number of nitriles is 1. The van der Waals surface area contributed by atoms with E-state index in [1.807, 2.05) is 18.2 Å². The lowest BCUT2D eigenvalue weighted by atomic mass is 10.0. The summed E-state index contributed by atoms with van der Waals surface area (Å²) >= 11 is 0. The van der Waals surface area contributed by atoms with Crippen LogP contribution < -0.4 is 11.5 Å². The molecule has 1 atom stereocenters. The van der Waals surface area contributed by atoms with Gasteiger partial charge in [0, 0.05) is 6.04 Å². The Bertz CT molecular complexity index is 328. The Morgan fingerprint density at radius 1 is 1.43 bits per heavy atom. The Balaban J connectivity index is 2.70. The van der Waals surface area contributed by atoms with E-state index in [1.165, 1.54) is 0 Å². The van der Waals surface area contributed by atoms with E-state index in [1.54, 1.807) is 6.07 Å². The molecule has 0 saturated carbocycles. The van der Waals surface area contributed by atoms with Gasteiger partial charge in [0.2, 0.25) is 0 Å². The van der Waals surface area contributed by atoms with Crippen molar-refractivity contribution >= 4 is 0 Å². The number of nitrogens with zero attached hydrogens (tertiary/aromatic N) is 1. The highest BCUT2D eigenvalue weighted by Crippen LogP contribution is 2.16. The van der Waals surface area contributed by atoms with Crippen molar-refractivity contribution in [2.24, 2.45) is 11.5 Å². The van der Waals surface area contributed by atoms with Crippen LogP contribution >= 0.6 is 0 Å². The molecule has 0 unspecified atom stereocenters. The molecular formula is C11H15N3. The molecule has 0 aliphatic heterocycles. The van der Waals surface area contributed by atoms with Gasteiger partial charge in [0.15, 0.2) is 0 Å². The Labute approximate surface area is 84.3 Å². The van der Waals surface area contributed by atoms with Gasteiger partial charge in [-0.3, -0.25) is 0 Å². The van der Waals surface area contributed by atoms with Crippen LogP contribution in [0.5, 0.6) is 0 Å². The molecular weight excluding hydrogens is 174 g/mol. The summed E-state index contributed by atoms with van der Waals surface area (Å²) in [5, 5.41) is 8.71. The predicted molar refractivity (Wildman–Crippen MR) is 56.4 cm³/mol. The normalized spacial score (nSPS) is 12.1. The zero-order valence-electron chi connectivity index (χ0n) is 8.11. The average Bonchev–Trinajstić information content (AvgIpc) is 2.26. The van der Waals surface area contributed by atoms with Gasteiger partial charge < -0.3 is 11.5 Å². The summed E-state index contributed by atoms with van der Waals surface area (Å²) in [6.07, 6.45) is 1.78. The van der Waals surface area contributed by atoms with E-state index in [9.17, 15) is 0 Å². The molecule has 4 N–H and O–H groups in total. The Hall–Kier alpha value is -1.37. The zero-order chi connectivity index (χ0) is 10.4. The van der Waals surface area contributed by atoms with Gasteiger partial charge in [-0.2, -0.15) is 5.26 Å². The number of rotatable bonds is 4. The van der Waals surface area contributed by atoms with Gasteiger partial charge in [0.25, 0.3) is 0 Å². The first kappa shape index (κ1) is 10.7. The summed E-state index contributed by atoms with van der Waals surface area (Å²) in [6, 6.07) is 9.51. The highest BCUT2D eigenvalue weighted by atomic mass is 14.6. The minimum absolute atomic E-state index is 0.00755. The first-order chi connectivity index (χ1) is 6.77. The van der Waals surface area contributed by atoms with Crippen molar-refractivity contribution in [1.82, 2.24) is 0 Å². The first-order valence-electron chi connectivity index (χ1n) is 4.73. The van der Waals surface area contributed by atoms with Crippen LogP contribution in [0.15, 0.2) is 24.3 Å². The fraction of sp³-hybridized carbons (Fsp3) is 0.364. The van der Waals surface area contributed by atoms with Crippen LogP contribution in [-0.4, -0.2) is 6.54 Å². The van der Waals surface area contributed by atoms with Crippen LogP contribution in [0.4, 0.5) is 0 Å². The van der Waals surface area contributed by atoms with Gasteiger partial charge >= 0.3 is 0 Å². The largest absolute Gasteiger partial charge is 0.330 e. The van der Waals surface area contributed by atoms with E-state index >= 15 is 0 Å². The van der Waals surface area contributed by atoms with Crippen LogP contribution in [0, 0.1) is 11.3 Å². The van der Waals surface area contributed by atoms with E-state index in [0.717, 1.165) is 18.4 Å². The fourth-order valence-corrected chi connectivity index (χ4v) is 1.34. The Morgan fingerprint density at radius 2 is 2.21 bits per heavy atom. The topological polar surface area (TPSA) is 75.8 Å². The van der Waals surface area contributed by atoms with E-state index in [4.69, 9.17) is 16.7 Å². The molecule has 1 aromatic rings. The molecule has 0 aromatic heterocycles. The van der Waals surface area contributed by atoms with Gasteiger partial charge in [-0.1, -0.05) is 12.1 Å². The smallest absolute Gasteiger partial charge is 0.0991 e. The van der Waals surface area contributed by atoms with E-state index < -0.39 is 0 Å². The summed E-state index contributed by atoms with van der Waals surface area (Å²) in [4.78, 5) is 0. The van der Waals surface area contributed by atoms with Crippen LogP contribution in [0.25, 0.3) is 0 Å². The molecule has 14 heavy (non-hydrogen) atoms. The molecule has 0 aliphatic carbocycles. The van der Waals surface area contributed by atoms with Crippen LogP contribution in [-0.2, 0) is 0 Å². The predicted octanol–water partition coefficient (Wildman–Crippen LogP) is 1.30. The molecule has 0 heterocycles. The van der Waals surface area contributed by atoms with Crippen molar-refractivity contribution in [1.29, 1.82) is 5.26 Å². The van der Waals surface area contributed by atoms with E-state index in [0.29, 0.717) is 12.1 Å². The second-order valence-electron chi connectivity index (χ2n) is 3.27. The maximum absolute atomic E-state index is 8.71. The molecule has 74 valence electrons. The highest BCUT2D eigenvalue weighted by Gasteiger charge is 2.05. The lowest BCUT2D eigenvalue weighted by Gasteiger charge is -2.11. The summed E-state index contributed by atoms with van der Waals surface area (Å²) in [6.45, 7) is 0.658. The molecule has 0 fully saturated rings. The van der Waals surface area contributed by atoms with Crippen LogP contribution in [0.1, 0.15) is 30.0 Å². The van der Waals surface area contributed by atoms with Crippen LogP contribution in [0.3, 0.4) is 0 Å². The molecule has 0 bridgehead atoms. The summed E-state index contributed by atoms with van der Waals surface area (Å²) < 4.78 is 0. The fourth-order valence-electron chi connectivity index (χ4n) is 1.34. The van der Waals surface area contributed by atoms with Gasteiger partial charge in [0.1, 0.15) is 0 Å². The van der Waals surface area contributed by atoms with Gasteiger partial charge in [-0.15, -0.1) is 0 Å². The number of nitrogens with two attached hydrogens (primary N) is 2. The van der Waals surface area contributed by atoms with E-state index in [-0.39, 0.29) is 6.04 Å². The van der Waals surface area contributed by atoms with Crippen molar-refractivity contribution in [3.8, 4) is 6.07 Å². The van der Waals surface area contributed by atoms with Crippen molar-refractivity contribution in [2.45, 2.75) is 18.9 Å². The molecule has 3 heteroatoms. The lowest BCUT2D eigenvalue weighted by molar-refractivity contribution is 0.618. The molecule has 0 spiro atoms. The Kier molecular flexibility index (Phi) is 4.11. The third-order valence-corrected chi connectivity index (χ3v) is 2.16. The molecule has 0 radical (unpaired) electrons. The number of benzene rings is 1. The van der Waals surface area contributed by atoms with Crippen molar-refractivity contribution in [3.63, 3.8) is 0 Å². The maximum Gasteiger partial charge on any atom is 0.0991 e. The van der Waals surface area contributed by atoms with Gasteiger partial charge in [-0.25, -0.2) is 0 Å². The van der Waals surface area contributed by atoms with E-state index in [2.05, 4.69) is 6.07 Å². The molecule has 3 nitrogen and oxygen atoms in total. The molecule has 0 aliphatic rings. The number of hydrogen-bond acceptors (Lipinski definition) is 3. The minimum atomic E-state index is -0.00755. The highest BCUT2D eigenvalue weighted by molar-refractivity contribution is 5.34. The van der Waals surface area contributed by atoms with Crippen LogP contribution in [0.2, 0.25) is 0 Å². The third kappa shape index (κ3) is 2.84. The molecule has 1 rings (SSSR count). The average molecular weight is 189 g/mol. The minimum Gasteiger partial charge on any atom is -0.330 e. The van der Waals surface area contributed by atoms with Gasteiger partial charge in [0.05, 0.1) is 11.6 Å². The maximum atomic E-state index is 8.71.